The Hall–Kier alpha value is -0.210. The van der Waals surface area contributed by atoms with Gasteiger partial charge in [-0.15, -0.1) is 23.2 Å². The Kier molecular flexibility index (Phi) is 5.34. The first kappa shape index (κ1) is 10.8. The van der Waals surface area contributed by atoms with Crippen molar-refractivity contribution in [3.05, 3.63) is 11.6 Å². The minimum absolute atomic E-state index is 0.0468. The normalized spacial score (nSPS) is 12.2. The molecule has 11 heavy (non-hydrogen) atoms. The average molecular weight is 197 g/mol. The molecule has 0 saturated heterocycles. The molecule has 0 aromatic heterocycles. The van der Waals surface area contributed by atoms with Gasteiger partial charge in [0.15, 0.2) is 0 Å². The van der Waals surface area contributed by atoms with Crippen LogP contribution in [0.15, 0.2) is 11.6 Å². The summed E-state index contributed by atoms with van der Waals surface area (Å²) in [5, 5.41) is 8.47. The summed E-state index contributed by atoms with van der Waals surface area (Å²) in [7, 11) is 0. The number of halogens is 2. The minimum atomic E-state index is -0.926. The lowest BCUT2D eigenvalue weighted by atomic mass is 10.1. The SMILES string of the molecule is CC(=CC(CCl)CCl)C(=O)O. The third-order valence-corrected chi connectivity index (χ3v) is 2.01. The lowest BCUT2D eigenvalue weighted by molar-refractivity contribution is -0.132. The highest BCUT2D eigenvalue weighted by Crippen LogP contribution is 2.07. The van der Waals surface area contributed by atoms with Crippen LogP contribution >= 0.6 is 23.2 Å². The van der Waals surface area contributed by atoms with Crippen LogP contribution in [0.25, 0.3) is 0 Å². The number of allylic oxidation sites excluding steroid dienone is 1. The summed E-state index contributed by atoms with van der Waals surface area (Å²) in [4.78, 5) is 10.3. The molecule has 0 radical (unpaired) electrons. The Morgan fingerprint density at radius 3 is 2.27 bits per heavy atom. The molecular weight excluding hydrogens is 187 g/mol. The first-order chi connectivity index (χ1) is 5.11. The summed E-state index contributed by atoms with van der Waals surface area (Å²) in [6.45, 7) is 1.52. The van der Waals surface area contributed by atoms with Gasteiger partial charge < -0.3 is 5.11 Å². The standard InChI is InChI=1S/C7H10Cl2O2/c1-5(7(10)11)2-6(3-8)4-9/h2,6H,3-4H2,1H3,(H,10,11). The van der Waals surface area contributed by atoms with E-state index in [0.29, 0.717) is 11.8 Å². The molecule has 0 atom stereocenters. The first-order valence-electron chi connectivity index (χ1n) is 3.15. The minimum Gasteiger partial charge on any atom is -0.478 e. The number of hydrogen-bond acceptors (Lipinski definition) is 1. The van der Waals surface area contributed by atoms with Crippen LogP contribution in [0.5, 0.6) is 0 Å². The summed E-state index contributed by atoms with van der Waals surface area (Å²) in [6, 6.07) is 0. The van der Waals surface area contributed by atoms with Gasteiger partial charge in [-0.3, -0.25) is 0 Å². The van der Waals surface area contributed by atoms with Gasteiger partial charge in [0.05, 0.1) is 0 Å². The van der Waals surface area contributed by atoms with Crippen molar-refractivity contribution in [2.45, 2.75) is 6.92 Å². The first-order valence-corrected chi connectivity index (χ1v) is 4.22. The summed E-state index contributed by atoms with van der Waals surface area (Å²) in [5.41, 5.74) is 0.288. The number of alkyl halides is 2. The van der Waals surface area contributed by atoms with Crippen LogP contribution in [0.1, 0.15) is 6.92 Å². The van der Waals surface area contributed by atoms with Gasteiger partial charge in [0.25, 0.3) is 0 Å². The third kappa shape index (κ3) is 4.27. The van der Waals surface area contributed by atoms with E-state index < -0.39 is 5.97 Å². The monoisotopic (exact) mass is 196 g/mol. The summed E-state index contributed by atoms with van der Waals surface area (Å²) in [5.74, 6) is -0.262. The van der Waals surface area contributed by atoms with Gasteiger partial charge in [-0.1, -0.05) is 6.08 Å². The molecule has 0 aliphatic heterocycles. The highest BCUT2D eigenvalue weighted by atomic mass is 35.5. The molecule has 4 heteroatoms. The fraction of sp³-hybridized carbons (Fsp3) is 0.571. The highest BCUT2D eigenvalue weighted by molar-refractivity contribution is 6.21. The third-order valence-electron chi connectivity index (χ3n) is 1.22. The number of carboxylic acids is 1. The van der Waals surface area contributed by atoms with Crippen LogP contribution in [0.3, 0.4) is 0 Å². The van der Waals surface area contributed by atoms with Gasteiger partial charge >= 0.3 is 5.97 Å². The molecule has 0 bridgehead atoms. The lowest BCUT2D eigenvalue weighted by Crippen LogP contribution is -2.04. The van der Waals surface area contributed by atoms with Crippen molar-refractivity contribution in [2.75, 3.05) is 11.8 Å². The number of hydrogen-bond donors (Lipinski definition) is 1. The molecule has 0 aliphatic carbocycles. The largest absolute Gasteiger partial charge is 0.478 e. The predicted octanol–water partition coefficient (Wildman–Crippen LogP) is 2.11. The molecule has 64 valence electrons. The van der Waals surface area contributed by atoms with Crippen molar-refractivity contribution < 1.29 is 9.90 Å². The van der Waals surface area contributed by atoms with E-state index in [1.807, 2.05) is 0 Å². The van der Waals surface area contributed by atoms with Gasteiger partial charge in [0.2, 0.25) is 0 Å². The van der Waals surface area contributed by atoms with Crippen LogP contribution in [0.4, 0.5) is 0 Å². The molecule has 0 rings (SSSR count). The van der Waals surface area contributed by atoms with E-state index in [-0.39, 0.29) is 11.5 Å². The average Bonchev–Trinajstić information content (AvgIpc) is 1.99. The predicted molar refractivity (Wildman–Crippen MR) is 46.3 cm³/mol. The molecule has 0 aromatic rings. The Bertz CT molecular complexity index is 162. The molecule has 0 saturated carbocycles. The molecule has 0 fully saturated rings. The quantitative estimate of drug-likeness (QED) is 0.553. The van der Waals surface area contributed by atoms with Gasteiger partial charge in [0.1, 0.15) is 0 Å². The van der Waals surface area contributed by atoms with E-state index in [1.54, 1.807) is 6.08 Å². The Balaban J connectivity index is 4.14. The van der Waals surface area contributed by atoms with E-state index in [4.69, 9.17) is 28.3 Å². The maximum Gasteiger partial charge on any atom is 0.330 e. The number of carbonyl (C=O) groups is 1. The second-order valence-electron chi connectivity index (χ2n) is 2.22. The summed E-state index contributed by atoms with van der Waals surface area (Å²) >= 11 is 11.0. The van der Waals surface area contributed by atoms with E-state index in [0.717, 1.165) is 0 Å². The lowest BCUT2D eigenvalue weighted by Gasteiger charge is -2.03. The zero-order valence-electron chi connectivity index (χ0n) is 6.18. The maximum absolute atomic E-state index is 10.3. The fourth-order valence-electron chi connectivity index (χ4n) is 0.555. The van der Waals surface area contributed by atoms with Gasteiger partial charge in [-0.2, -0.15) is 0 Å². The van der Waals surface area contributed by atoms with Crippen LogP contribution in [0, 0.1) is 5.92 Å². The van der Waals surface area contributed by atoms with Crippen molar-refractivity contribution >= 4 is 29.2 Å². The van der Waals surface area contributed by atoms with Crippen molar-refractivity contribution in [1.29, 1.82) is 0 Å². The number of aliphatic carboxylic acids is 1. The van der Waals surface area contributed by atoms with Crippen molar-refractivity contribution in [3.8, 4) is 0 Å². The number of rotatable bonds is 4. The van der Waals surface area contributed by atoms with E-state index in [1.165, 1.54) is 6.92 Å². The maximum atomic E-state index is 10.3. The molecule has 0 spiro atoms. The molecule has 0 aliphatic rings. The van der Waals surface area contributed by atoms with Crippen LogP contribution in [-0.4, -0.2) is 22.8 Å². The Morgan fingerprint density at radius 1 is 1.55 bits per heavy atom. The van der Waals surface area contributed by atoms with Crippen molar-refractivity contribution in [3.63, 3.8) is 0 Å². The van der Waals surface area contributed by atoms with Crippen molar-refractivity contribution in [1.82, 2.24) is 0 Å². The van der Waals surface area contributed by atoms with E-state index in [2.05, 4.69) is 0 Å². The zero-order chi connectivity index (χ0) is 8.85. The topological polar surface area (TPSA) is 37.3 Å². The summed E-state index contributed by atoms with van der Waals surface area (Å²) in [6.07, 6.45) is 1.57. The highest BCUT2D eigenvalue weighted by Gasteiger charge is 2.05. The van der Waals surface area contributed by atoms with Gasteiger partial charge in [-0.25, -0.2) is 4.79 Å². The molecule has 0 amide bonds. The van der Waals surface area contributed by atoms with E-state index in [9.17, 15) is 4.79 Å². The molecule has 0 aromatic carbocycles. The molecule has 2 nitrogen and oxygen atoms in total. The van der Waals surface area contributed by atoms with Crippen LogP contribution in [-0.2, 0) is 4.79 Å². The number of carboxylic acid groups (broad SMARTS) is 1. The van der Waals surface area contributed by atoms with Gasteiger partial charge in [-0.05, 0) is 6.92 Å². The second kappa shape index (κ2) is 5.44. The van der Waals surface area contributed by atoms with Gasteiger partial charge in [0, 0.05) is 23.3 Å². The molecule has 1 N–H and O–H groups in total. The van der Waals surface area contributed by atoms with E-state index >= 15 is 0 Å². The van der Waals surface area contributed by atoms with Crippen molar-refractivity contribution in [2.24, 2.45) is 5.92 Å². The molecule has 0 unspecified atom stereocenters. The fourth-order valence-corrected chi connectivity index (χ4v) is 1.06. The second-order valence-corrected chi connectivity index (χ2v) is 2.84. The van der Waals surface area contributed by atoms with Crippen LogP contribution < -0.4 is 0 Å². The summed E-state index contributed by atoms with van der Waals surface area (Å²) < 4.78 is 0. The molecular formula is C7H10Cl2O2. The zero-order valence-corrected chi connectivity index (χ0v) is 7.69. The van der Waals surface area contributed by atoms with Crippen LogP contribution in [0.2, 0.25) is 0 Å². The molecule has 0 heterocycles. The Labute approximate surface area is 75.8 Å². The smallest absolute Gasteiger partial charge is 0.330 e. The Morgan fingerprint density at radius 2 is 2.00 bits per heavy atom.